The molecular weight excluding hydrogens is 825 g/mol. The summed E-state index contributed by atoms with van der Waals surface area (Å²) in [5.74, 6) is -1.37. The van der Waals surface area contributed by atoms with E-state index in [9.17, 15) is 28.8 Å². The molecule has 4 atom stereocenters. The monoisotopic (exact) mass is 884 g/mol. The molecule has 14 heteroatoms. The molecule has 7 rings (SSSR count). The summed E-state index contributed by atoms with van der Waals surface area (Å²) in [6.45, 7) is 5.09. The van der Waals surface area contributed by atoms with Crippen LogP contribution in [0.1, 0.15) is 112 Å². The van der Waals surface area contributed by atoms with E-state index in [2.05, 4.69) is 59.4 Å². The number of nitrogens with one attached hydrogen (secondary N) is 4. The summed E-state index contributed by atoms with van der Waals surface area (Å²) < 4.78 is 9.67. The lowest BCUT2D eigenvalue weighted by Gasteiger charge is -2.33. The summed E-state index contributed by atoms with van der Waals surface area (Å²) >= 11 is 0. The van der Waals surface area contributed by atoms with E-state index in [-0.39, 0.29) is 23.6 Å². The number of methoxy groups -OCH3 is 2. The molecule has 4 aromatic carbocycles. The summed E-state index contributed by atoms with van der Waals surface area (Å²) in [5.41, 5.74) is 6.37. The van der Waals surface area contributed by atoms with Crippen LogP contribution in [0.2, 0.25) is 0 Å². The van der Waals surface area contributed by atoms with E-state index < -0.39 is 41.8 Å². The number of hydrogen-bond donors (Lipinski definition) is 4. The first-order valence-electron chi connectivity index (χ1n) is 22.8. The van der Waals surface area contributed by atoms with Gasteiger partial charge in [0, 0.05) is 29.9 Å². The summed E-state index contributed by atoms with van der Waals surface area (Å²) in [4.78, 5) is 84.3. The van der Waals surface area contributed by atoms with Crippen LogP contribution in [0.3, 0.4) is 0 Å². The molecule has 2 heterocycles. The van der Waals surface area contributed by atoms with Crippen molar-refractivity contribution in [1.29, 1.82) is 0 Å². The summed E-state index contributed by atoms with van der Waals surface area (Å²) in [6, 6.07) is 26.4. The number of rotatable bonds is 16. The quantitative estimate of drug-likeness (QED) is 0.0868. The number of alkyl carbamates (subject to hydrolysis) is 2. The van der Waals surface area contributed by atoms with Crippen LogP contribution in [0, 0.1) is 0 Å². The van der Waals surface area contributed by atoms with Gasteiger partial charge < -0.3 is 40.5 Å². The zero-order valence-electron chi connectivity index (χ0n) is 37.7. The number of likely N-dealkylation sites (tertiary alicyclic amines) is 2. The van der Waals surface area contributed by atoms with Gasteiger partial charge in [-0.05, 0) is 96.2 Å². The first-order chi connectivity index (χ1) is 31.5. The Labute approximate surface area is 380 Å². The van der Waals surface area contributed by atoms with E-state index in [4.69, 9.17) is 9.47 Å². The summed E-state index contributed by atoms with van der Waals surface area (Å²) in [6.07, 6.45) is 6.32. The lowest BCUT2D eigenvalue weighted by atomic mass is 9.70. The highest BCUT2D eigenvalue weighted by molar-refractivity contribution is 6.01. The molecule has 2 fully saturated rings. The molecule has 0 unspecified atom stereocenters. The molecule has 4 N–H and O–H groups in total. The van der Waals surface area contributed by atoms with Gasteiger partial charge in [-0.3, -0.25) is 19.2 Å². The zero-order chi connectivity index (χ0) is 46.1. The minimum Gasteiger partial charge on any atom is -0.453 e. The van der Waals surface area contributed by atoms with Crippen LogP contribution in [-0.4, -0.2) is 85.0 Å². The average Bonchev–Trinajstić information content (AvgIpc) is 4.09. The Morgan fingerprint density at radius 3 is 1.37 bits per heavy atom. The smallest absolute Gasteiger partial charge is 0.407 e. The van der Waals surface area contributed by atoms with Gasteiger partial charge >= 0.3 is 12.2 Å². The highest BCUT2D eigenvalue weighted by atomic mass is 16.5. The fourth-order valence-corrected chi connectivity index (χ4v) is 9.88. The Kier molecular flexibility index (Phi) is 14.9. The fourth-order valence-electron chi connectivity index (χ4n) is 9.88. The molecule has 0 saturated carbocycles. The molecule has 0 bridgehead atoms. The minimum absolute atomic E-state index is 0.301. The van der Waals surface area contributed by atoms with E-state index in [0.717, 1.165) is 60.8 Å². The standard InChI is InChI=1S/C51H60N6O8/c1-5-7-27-51(28-8-6-2)39-31-35(52-45(58)41-21-15-29-56(41)47(60)43(54-49(62)64-3)33-17-11-9-12-18-33)23-25-37(39)38-26-24-36(32-40(38)51)53-46(59)42-22-16-30-57(42)48(61)44(55-50(63)65-4)34-19-13-10-14-20-34/h9-14,17-20,23-26,31-32,41-44H,5-8,15-16,21-22,27-30H2,1-4H3,(H,52,58)(H,53,59)(H,54,62)(H,55,63)/t41-,42-,43+,44+/m0/s1. The Hall–Kier alpha value is -6.70. The normalized spacial score (nSPS) is 17.8. The van der Waals surface area contributed by atoms with Crippen molar-refractivity contribution in [3.05, 3.63) is 119 Å². The van der Waals surface area contributed by atoms with Crippen LogP contribution in [0.15, 0.2) is 97.1 Å². The number of benzene rings is 4. The molecular formula is C51H60N6O8. The third-order valence-electron chi connectivity index (χ3n) is 13.1. The van der Waals surface area contributed by atoms with E-state index in [1.807, 2.05) is 24.3 Å². The van der Waals surface area contributed by atoms with Crippen molar-refractivity contribution in [3.8, 4) is 11.1 Å². The summed E-state index contributed by atoms with van der Waals surface area (Å²) in [5, 5.41) is 11.6. The van der Waals surface area contributed by atoms with Crippen molar-refractivity contribution >= 4 is 47.2 Å². The van der Waals surface area contributed by atoms with Gasteiger partial charge in [-0.15, -0.1) is 0 Å². The SMILES string of the molecule is CCCCC1(CCCC)c2cc(NC(=O)[C@@H]3CCCN3C(=O)[C@H](NC(=O)OC)c3ccccc3)ccc2-c2ccc(NC(=O)[C@@H]3CCCN3C(=O)[C@H](NC(=O)OC)c3ccccc3)cc21. The van der Waals surface area contributed by atoms with Crippen molar-refractivity contribution in [2.75, 3.05) is 37.9 Å². The predicted molar refractivity (Wildman–Crippen MR) is 248 cm³/mol. The van der Waals surface area contributed by atoms with Gasteiger partial charge in [0.2, 0.25) is 11.8 Å². The molecule has 0 radical (unpaired) electrons. The molecule has 4 aromatic rings. The molecule has 6 amide bonds. The number of anilines is 2. The Morgan fingerprint density at radius 2 is 1.00 bits per heavy atom. The lowest BCUT2D eigenvalue weighted by Crippen LogP contribution is -2.48. The van der Waals surface area contributed by atoms with Crippen molar-refractivity contribution in [2.24, 2.45) is 0 Å². The van der Waals surface area contributed by atoms with Crippen LogP contribution in [0.5, 0.6) is 0 Å². The average molecular weight is 885 g/mol. The molecule has 342 valence electrons. The van der Waals surface area contributed by atoms with Crippen LogP contribution < -0.4 is 21.3 Å². The third kappa shape index (κ3) is 9.86. The predicted octanol–water partition coefficient (Wildman–Crippen LogP) is 8.39. The van der Waals surface area contributed by atoms with Crippen molar-refractivity contribution < 1.29 is 38.2 Å². The van der Waals surface area contributed by atoms with Crippen LogP contribution in [0.4, 0.5) is 21.0 Å². The number of fused-ring (bicyclic) bond motifs is 3. The number of amides is 6. The topological polar surface area (TPSA) is 175 Å². The van der Waals surface area contributed by atoms with Gasteiger partial charge in [-0.1, -0.05) is 112 Å². The molecule has 0 spiro atoms. The van der Waals surface area contributed by atoms with Crippen LogP contribution >= 0.6 is 0 Å². The Bertz CT molecular complexity index is 2210. The maximum atomic E-state index is 14.2. The Morgan fingerprint density at radius 1 is 0.600 bits per heavy atom. The molecule has 65 heavy (non-hydrogen) atoms. The maximum absolute atomic E-state index is 14.2. The maximum Gasteiger partial charge on any atom is 0.407 e. The fraction of sp³-hybridized carbons (Fsp3) is 0.412. The number of carbonyl (C=O) groups excluding carboxylic acids is 6. The van der Waals surface area contributed by atoms with Gasteiger partial charge in [0.25, 0.3) is 11.8 Å². The van der Waals surface area contributed by atoms with Crippen LogP contribution in [-0.2, 0) is 34.1 Å². The number of carbonyl (C=O) groups is 6. The van der Waals surface area contributed by atoms with Crippen molar-refractivity contribution in [2.45, 2.75) is 108 Å². The van der Waals surface area contributed by atoms with Crippen molar-refractivity contribution in [3.63, 3.8) is 0 Å². The highest BCUT2D eigenvalue weighted by Crippen LogP contribution is 2.55. The van der Waals surface area contributed by atoms with Crippen molar-refractivity contribution in [1.82, 2.24) is 20.4 Å². The van der Waals surface area contributed by atoms with Gasteiger partial charge in [-0.2, -0.15) is 0 Å². The second-order valence-electron chi connectivity index (χ2n) is 17.1. The van der Waals surface area contributed by atoms with Gasteiger partial charge in [0.05, 0.1) is 14.2 Å². The minimum atomic E-state index is -1.02. The number of unbranched alkanes of at least 4 members (excludes halogenated alkanes) is 2. The molecule has 0 aromatic heterocycles. The highest BCUT2D eigenvalue weighted by Gasteiger charge is 2.44. The first-order valence-corrected chi connectivity index (χ1v) is 22.8. The molecule has 1 aliphatic carbocycles. The van der Waals surface area contributed by atoms with Gasteiger partial charge in [0.1, 0.15) is 24.2 Å². The lowest BCUT2D eigenvalue weighted by molar-refractivity contribution is -0.138. The molecule has 14 nitrogen and oxygen atoms in total. The van der Waals surface area contributed by atoms with E-state index in [0.29, 0.717) is 61.3 Å². The number of ether oxygens (including phenoxy) is 2. The summed E-state index contributed by atoms with van der Waals surface area (Å²) in [7, 11) is 2.48. The van der Waals surface area contributed by atoms with E-state index in [1.54, 1.807) is 58.3 Å². The second kappa shape index (κ2) is 20.9. The molecule has 2 aliphatic heterocycles. The van der Waals surface area contributed by atoms with Gasteiger partial charge in [-0.25, -0.2) is 9.59 Å². The number of hydrogen-bond acceptors (Lipinski definition) is 8. The van der Waals surface area contributed by atoms with Crippen LogP contribution in [0.25, 0.3) is 11.1 Å². The Balaban J connectivity index is 1.13. The second-order valence-corrected chi connectivity index (χ2v) is 17.1. The van der Waals surface area contributed by atoms with E-state index >= 15 is 0 Å². The van der Waals surface area contributed by atoms with Gasteiger partial charge in [0.15, 0.2) is 0 Å². The molecule has 3 aliphatic rings. The zero-order valence-corrected chi connectivity index (χ0v) is 37.7. The third-order valence-corrected chi connectivity index (χ3v) is 13.1. The number of nitrogens with zero attached hydrogens (tertiary/aromatic N) is 2. The largest absolute Gasteiger partial charge is 0.453 e. The van der Waals surface area contributed by atoms with E-state index in [1.165, 1.54) is 14.2 Å². The first kappa shape index (κ1) is 46.3. The molecule has 2 saturated heterocycles.